The summed E-state index contributed by atoms with van der Waals surface area (Å²) in [7, 11) is 0. The molecule has 4 rings (SSSR count). The van der Waals surface area contributed by atoms with Crippen LogP contribution in [0.5, 0.6) is 0 Å². The lowest BCUT2D eigenvalue weighted by atomic mass is 9.82. The minimum Gasteiger partial charge on any atom is -0.350 e. The van der Waals surface area contributed by atoms with E-state index >= 15 is 0 Å². The van der Waals surface area contributed by atoms with Crippen LogP contribution in [0.1, 0.15) is 36.4 Å². The second-order valence-electron chi connectivity index (χ2n) is 6.91. The molecule has 0 saturated carbocycles. The molecule has 1 N–H and O–H groups in total. The van der Waals surface area contributed by atoms with Gasteiger partial charge in [-0.25, -0.2) is 0 Å². The molecule has 0 aliphatic carbocycles. The molecule has 124 valence electrons. The van der Waals surface area contributed by atoms with Crippen LogP contribution in [0.15, 0.2) is 48.9 Å². The summed E-state index contributed by atoms with van der Waals surface area (Å²) in [6.45, 7) is 2.88. The number of amides is 1. The van der Waals surface area contributed by atoms with E-state index in [0.29, 0.717) is 0 Å². The highest BCUT2D eigenvalue weighted by Crippen LogP contribution is 2.39. The first-order valence-electron chi connectivity index (χ1n) is 8.58. The monoisotopic (exact) mass is 322 g/mol. The van der Waals surface area contributed by atoms with Crippen LogP contribution in [0, 0.1) is 0 Å². The second-order valence-corrected chi connectivity index (χ2v) is 6.91. The molecule has 0 unspecified atom stereocenters. The third-order valence-electron chi connectivity index (χ3n) is 5.31. The molecule has 2 aromatic heterocycles. The topological polar surface area (TPSA) is 58.1 Å². The molecule has 1 atom stereocenters. The average molecular weight is 322 g/mol. The summed E-state index contributed by atoms with van der Waals surface area (Å²) in [4.78, 5) is 23.5. The zero-order valence-corrected chi connectivity index (χ0v) is 13.7. The van der Waals surface area contributed by atoms with Gasteiger partial charge in [-0.15, -0.1) is 0 Å². The van der Waals surface area contributed by atoms with Crippen LogP contribution in [0.4, 0.5) is 0 Å². The standard InChI is InChI=1S/C19H22N4O/c24-18-17(15-4-3-8-20-13-15)12-19(22-18)6-10-23(11-7-19)14-16-5-1-2-9-21-16/h1-5,8-9,13,17H,6-7,10-12,14H2,(H,22,24)/t17-/m0/s1. The lowest BCUT2D eigenvalue weighted by Crippen LogP contribution is -2.50. The molecule has 4 heterocycles. The predicted molar refractivity (Wildman–Crippen MR) is 91.2 cm³/mol. The maximum atomic E-state index is 12.5. The summed E-state index contributed by atoms with van der Waals surface area (Å²) in [6, 6.07) is 9.96. The summed E-state index contributed by atoms with van der Waals surface area (Å²) in [6.07, 6.45) is 8.30. The lowest BCUT2D eigenvalue weighted by molar-refractivity contribution is -0.121. The Kier molecular flexibility index (Phi) is 4.02. The first-order valence-corrected chi connectivity index (χ1v) is 8.58. The number of piperidine rings is 1. The largest absolute Gasteiger partial charge is 0.350 e. The van der Waals surface area contributed by atoms with E-state index in [0.717, 1.165) is 50.2 Å². The highest BCUT2D eigenvalue weighted by molar-refractivity contribution is 5.87. The first kappa shape index (κ1) is 15.3. The maximum Gasteiger partial charge on any atom is 0.228 e. The van der Waals surface area contributed by atoms with Gasteiger partial charge in [0.15, 0.2) is 0 Å². The molecule has 0 aromatic carbocycles. The Bertz CT molecular complexity index is 696. The van der Waals surface area contributed by atoms with Crippen LogP contribution in [0.25, 0.3) is 0 Å². The summed E-state index contributed by atoms with van der Waals surface area (Å²) >= 11 is 0. The van der Waals surface area contributed by atoms with E-state index in [9.17, 15) is 4.79 Å². The van der Waals surface area contributed by atoms with Gasteiger partial charge in [-0.3, -0.25) is 19.7 Å². The zero-order valence-electron chi connectivity index (χ0n) is 13.7. The van der Waals surface area contributed by atoms with Gasteiger partial charge < -0.3 is 5.32 Å². The first-order chi connectivity index (χ1) is 11.7. The molecular formula is C19H22N4O. The van der Waals surface area contributed by atoms with E-state index in [4.69, 9.17) is 0 Å². The van der Waals surface area contributed by atoms with Gasteiger partial charge in [-0.1, -0.05) is 12.1 Å². The van der Waals surface area contributed by atoms with E-state index in [2.05, 4.69) is 26.3 Å². The molecule has 2 aliphatic rings. The van der Waals surface area contributed by atoms with Gasteiger partial charge in [0, 0.05) is 43.8 Å². The Morgan fingerprint density at radius 2 is 2.04 bits per heavy atom. The SMILES string of the molecule is O=C1NC2(CCN(Cc3ccccn3)CC2)C[C@H]1c1cccnc1. The van der Waals surface area contributed by atoms with Crippen molar-refractivity contribution in [1.29, 1.82) is 0 Å². The van der Waals surface area contributed by atoms with Crippen LogP contribution in [-0.4, -0.2) is 39.4 Å². The van der Waals surface area contributed by atoms with Crippen molar-refractivity contribution in [3.05, 3.63) is 60.2 Å². The van der Waals surface area contributed by atoms with Crippen LogP contribution < -0.4 is 5.32 Å². The maximum absolute atomic E-state index is 12.5. The Labute approximate surface area is 142 Å². The van der Waals surface area contributed by atoms with Gasteiger partial charge >= 0.3 is 0 Å². The summed E-state index contributed by atoms with van der Waals surface area (Å²) in [5.74, 6) is 0.0993. The summed E-state index contributed by atoms with van der Waals surface area (Å²) < 4.78 is 0. The van der Waals surface area contributed by atoms with Crippen molar-refractivity contribution >= 4 is 5.91 Å². The molecule has 0 radical (unpaired) electrons. The summed E-state index contributed by atoms with van der Waals surface area (Å²) in [5, 5.41) is 3.29. The fourth-order valence-electron chi connectivity index (χ4n) is 3.92. The number of nitrogens with one attached hydrogen (secondary N) is 1. The molecule has 1 spiro atoms. The van der Waals surface area contributed by atoms with Gasteiger partial charge in [0.1, 0.15) is 0 Å². The number of hydrogen-bond donors (Lipinski definition) is 1. The van der Waals surface area contributed by atoms with E-state index < -0.39 is 0 Å². The number of nitrogens with zero attached hydrogens (tertiary/aromatic N) is 3. The van der Waals surface area contributed by atoms with Crippen molar-refractivity contribution in [3.8, 4) is 0 Å². The van der Waals surface area contributed by atoms with Crippen molar-refractivity contribution < 1.29 is 4.79 Å². The zero-order chi connectivity index (χ0) is 16.4. The number of carbonyl (C=O) groups excluding carboxylic acids is 1. The molecule has 24 heavy (non-hydrogen) atoms. The molecule has 5 nitrogen and oxygen atoms in total. The van der Waals surface area contributed by atoms with Crippen molar-refractivity contribution in [3.63, 3.8) is 0 Å². The van der Waals surface area contributed by atoms with Crippen LogP contribution in [0.3, 0.4) is 0 Å². The van der Waals surface area contributed by atoms with Crippen molar-refractivity contribution in [2.75, 3.05) is 13.1 Å². The van der Waals surface area contributed by atoms with Gasteiger partial charge in [-0.05, 0) is 43.0 Å². The number of pyridine rings is 2. The highest BCUT2D eigenvalue weighted by Gasteiger charge is 2.46. The number of hydrogen-bond acceptors (Lipinski definition) is 4. The molecule has 2 aliphatic heterocycles. The third-order valence-corrected chi connectivity index (χ3v) is 5.31. The number of carbonyl (C=O) groups is 1. The van der Waals surface area contributed by atoms with Crippen molar-refractivity contribution in [1.82, 2.24) is 20.2 Å². The molecule has 2 aromatic rings. The summed E-state index contributed by atoms with van der Waals surface area (Å²) in [5.41, 5.74) is 2.10. The Hall–Kier alpha value is -2.27. The predicted octanol–water partition coefficient (Wildman–Crippen LogP) is 2.11. The third kappa shape index (κ3) is 3.04. The van der Waals surface area contributed by atoms with E-state index in [-0.39, 0.29) is 17.4 Å². The number of aromatic nitrogens is 2. The Morgan fingerprint density at radius 1 is 1.17 bits per heavy atom. The Balaban J connectivity index is 1.39. The molecule has 2 saturated heterocycles. The highest BCUT2D eigenvalue weighted by atomic mass is 16.2. The van der Waals surface area contributed by atoms with Gasteiger partial charge in [0.25, 0.3) is 0 Å². The number of rotatable bonds is 3. The smallest absolute Gasteiger partial charge is 0.228 e. The minimum atomic E-state index is -0.0546. The van der Waals surface area contributed by atoms with Gasteiger partial charge in [0.2, 0.25) is 5.91 Å². The van der Waals surface area contributed by atoms with Gasteiger partial charge in [-0.2, -0.15) is 0 Å². The molecule has 5 heteroatoms. The lowest BCUT2D eigenvalue weighted by Gasteiger charge is -2.39. The molecule has 0 bridgehead atoms. The van der Waals surface area contributed by atoms with Gasteiger partial charge in [0.05, 0.1) is 11.6 Å². The van der Waals surface area contributed by atoms with Crippen molar-refractivity contribution in [2.45, 2.75) is 37.3 Å². The van der Waals surface area contributed by atoms with Crippen molar-refractivity contribution in [2.24, 2.45) is 0 Å². The van der Waals surface area contributed by atoms with E-state index in [1.807, 2.05) is 36.7 Å². The molecular weight excluding hydrogens is 300 g/mol. The molecule has 2 fully saturated rings. The Morgan fingerprint density at radius 3 is 2.75 bits per heavy atom. The molecule has 1 amide bonds. The quantitative estimate of drug-likeness (QED) is 0.940. The fourth-order valence-corrected chi connectivity index (χ4v) is 3.92. The minimum absolute atomic E-state index is 0.0434. The van der Waals surface area contributed by atoms with Crippen LogP contribution >= 0.6 is 0 Å². The number of likely N-dealkylation sites (tertiary alicyclic amines) is 1. The average Bonchev–Trinajstić information content (AvgIpc) is 2.95. The van der Waals surface area contributed by atoms with Crippen LogP contribution in [-0.2, 0) is 11.3 Å². The van der Waals surface area contributed by atoms with E-state index in [1.54, 1.807) is 6.20 Å². The normalized spacial score (nSPS) is 23.3. The fraction of sp³-hybridized carbons (Fsp3) is 0.421. The van der Waals surface area contributed by atoms with Crippen LogP contribution in [0.2, 0.25) is 0 Å². The van der Waals surface area contributed by atoms with E-state index in [1.165, 1.54) is 0 Å². The second kappa shape index (κ2) is 6.32.